The molecule has 0 amide bonds. The van der Waals surface area contributed by atoms with Crippen LogP contribution in [0.2, 0.25) is 0 Å². The Hall–Kier alpha value is -0.850. The van der Waals surface area contributed by atoms with Crippen LogP contribution in [-0.2, 0) is 4.79 Å². The first-order valence-electron chi connectivity index (χ1n) is 4.35. The Kier molecular flexibility index (Phi) is 5.35. The topological polar surface area (TPSA) is 17.1 Å². The molecule has 0 spiro atoms. The van der Waals surface area contributed by atoms with Crippen LogP contribution in [0.25, 0.3) is 0 Å². The molecule has 0 rings (SSSR count). The lowest BCUT2D eigenvalue weighted by atomic mass is 10.00. The van der Waals surface area contributed by atoms with Crippen LogP contribution in [0.4, 0.5) is 0 Å². The monoisotopic (exact) mass is 166 g/mol. The standard InChI is InChI=1S/C11H18O/c1-5-9(2)6-10(3)7-11(4)8-12/h5,7-8,10H,6H2,1-4H3. The molecule has 12 heavy (non-hydrogen) atoms. The Morgan fingerprint density at radius 1 is 1.42 bits per heavy atom. The summed E-state index contributed by atoms with van der Waals surface area (Å²) in [5, 5.41) is 0. The van der Waals surface area contributed by atoms with Crippen LogP contribution < -0.4 is 0 Å². The van der Waals surface area contributed by atoms with Gasteiger partial charge in [-0.25, -0.2) is 0 Å². The SMILES string of the molecule is CC=C(C)CC(C)C=C(C)C=O. The summed E-state index contributed by atoms with van der Waals surface area (Å²) in [5.41, 5.74) is 2.20. The van der Waals surface area contributed by atoms with E-state index >= 15 is 0 Å². The molecule has 0 aliphatic carbocycles. The Balaban J connectivity index is 4.05. The molecule has 0 aliphatic rings. The lowest BCUT2D eigenvalue weighted by Gasteiger charge is -2.06. The van der Waals surface area contributed by atoms with Gasteiger partial charge in [-0.15, -0.1) is 0 Å². The molecule has 0 fully saturated rings. The van der Waals surface area contributed by atoms with Gasteiger partial charge < -0.3 is 0 Å². The maximum absolute atomic E-state index is 10.3. The summed E-state index contributed by atoms with van der Waals surface area (Å²) in [7, 11) is 0. The van der Waals surface area contributed by atoms with Crippen molar-refractivity contribution in [1.82, 2.24) is 0 Å². The van der Waals surface area contributed by atoms with Crippen LogP contribution in [0.5, 0.6) is 0 Å². The van der Waals surface area contributed by atoms with Crippen molar-refractivity contribution in [3.8, 4) is 0 Å². The fourth-order valence-corrected chi connectivity index (χ4v) is 1.17. The van der Waals surface area contributed by atoms with Gasteiger partial charge >= 0.3 is 0 Å². The second-order valence-corrected chi connectivity index (χ2v) is 3.34. The molecule has 1 unspecified atom stereocenters. The van der Waals surface area contributed by atoms with Crippen LogP contribution in [0.3, 0.4) is 0 Å². The maximum Gasteiger partial charge on any atom is 0.145 e. The summed E-state index contributed by atoms with van der Waals surface area (Å²) in [4.78, 5) is 10.3. The Morgan fingerprint density at radius 3 is 2.42 bits per heavy atom. The van der Waals surface area contributed by atoms with Crippen molar-refractivity contribution in [3.05, 3.63) is 23.3 Å². The lowest BCUT2D eigenvalue weighted by Crippen LogP contribution is -1.92. The van der Waals surface area contributed by atoms with Gasteiger partial charge in [-0.2, -0.15) is 0 Å². The van der Waals surface area contributed by atoms with E-state index in [0.717, 1.165) is 18.3 Å². The van der Waals surface area contributed by atoms with Gasteiger partial charge in [0.2, 0.25) is 0 Å². The number of allylic oxidation sites excluding steroid dienone is 4. The second kappa shape index (κ2) is 5.76. The zero-order valence-corrected chi connectivity index (χ0v) is 8.42. The number of carbonyl (C=O) groups excluding carboxylic acids is 1. The molecule has 68 valence electrons. The van der Waals surface area contributed by atoms with E-state index in [4.69, 9.17) is 0 Å². The molecular weight excluding hydrogens is 148 g/mol. The molecule has 0 saturated heterocycles. The van der Waals surface area contributed by atoms with Crippen LogP contribution in [0.15, 0.2) is 23.3 Å². The first-order chi connectivity index (χ1) is 5.60. The quantitative estimate of drug-likeness (QED) is 0.356. The molecule has 0 N–H and O–H groups in total. The third kappa shape index (κ3) is 4.89. The van der Waals surface area contributed by atoms with E-state index in [1.165, 1.54) is 5.57 Å². The third-order valence-electron chi connectivity index (χ3n) is 1.87. The van der Waals surface area contributed by atoms with Crippen LogP contribution in [0, 0.1) is 5.92 Å². The highest BCUT2D eigenvalue weighted by Gasteiger charge is 1.98. The van der Waals surface area contributed by atoms with Gasteiger partial charge in [0, 0.05) is 0 Å². The van der Waals surface area contributed by atoms with E-state index in [-0.39, 0.29) is 0 Å². The van der Waals surface area contributed by atoms with Crippen molar-refractivity contribution in [2.75, 3.05) is 0 Å². The van der Waals surface area contributed by atoms with Crippen molar-refractivity contribution < 1.29 is 4.79 Å². The molecule has 0 aromatic heterocycles. The van der Waals surface area contributed by atoms with E-state index < -0.39 is 0 Å². The van der Waals surface area contributed by atoms with E-state index in [2.05, 4.69) is 19.9 Å². The molecule has 0 saturated carbocycles. The minimum absolute atomic E-state index is 0.464. The average molecular weight is 166 g/mol. The van der Waals surface area contributed by atoms with Crippen molar-refractivity contribution in [1.29, 1.82) is 0 Å². The molecule has 0 radical (unpaired) electrons. The van der Waals surface area contributed by atoms with E-state index in [1.807, 2.05) is 19.9 Å². The minimum Gasteiger partial charge on any atom is -0.298 e. The fourth-order valence-electron chi connectivity index (χ4n) is 1.17. The van der Waals surface area contributed by atoms with Gasteiger partial charge in [-0.05, 0) is 38.7 Å². The van der Waals surface area contributed by atoms with Crippen LogP contribution in [0.1, 0.15) is 34.1 Å². The van der Waals surface area contributed by atoms with Crippen LogP contribution >= 0.6 is 0 Å². The van der Waals surface area contributed by atoms with Gasteiger partial charge in [-0.1, -0.05) is 24.6 Å². The zero-order chi connectivity index (χ0) is 9.56. The highest BCUT2D eigenvalue weighted by atomic mass is 16.1. The number of rotatable bonds is 4. The van der Waals surface area contributed by atoms with Crippen molar-refractivity contribution in [2.24, 2.45) is 5.92 Å². The smallest absolute Gasteiger partial charge is 0.145 e. The highest BCUT2D eigenvalue weighted by molar-refractivity contribution is 5.72. The predicted octanol–water partition coefficient (Wildman–Crippen LogP) is 3.12. The van der Waals surface area contributed by atoms with Gasteiger partial charge in [0.05, 0.1) is 0 Å². The minimum atomic E-state index is 0.464. The lowest BCUT2D eigenvalue weighted by molar-refractivity contribution is -0.104. The zero-order valence-electron chi connectivity index (χ0n) is 8.42. The summed E-state index contributed by atoms with van der Waals surface area (Å²) in [6.45, 7) is 8.12. The Bertz CT molecular complexity index is 199. The Labute approximate surface area is 75.2 Å². The number of hydrogen-bond acceptors (Lipinski definition) is 1. The normalized spacial score (nSPS) is 16.0. The highest BCUT2D eigenvalue weighted by Crippen LogP contribution is 2.12. The first kappa shape index (κ1) is 11.2. The molecule has 1 nitrogen and oxygen atoms in total. The van der Waals surface area contributed by atoms with E-state index in [9.17, 15) is 4.79 Å². The molecule has 0 heterocycles. The van der Waals surface area contributed by atoms with Gasteiger partial charge in [0.15, 0.2) is 0 Å². The van der Waals surface area contributed by atoms with Crippen molar-refractivity contribution in [3.63, 3.8) is 0 Å². The van der Waals surface area contributed by atoms with Crippen LogP contribution in [-0.4, -0.2) is 6.29 Å². The summed E-state index contributed by atoms with van der Waals surface area (Å²) < 4.78 is 0. The van der Waals surface area contributed by atoms with Gasteiger partial charge in [-0.3, -0.25) is 4.79 Å². The second-order valence-electron chi connectivity index (χ2n) is 3.34. The van der Waals surface area contributed by atoms with Crippen molar-refractivity contribution >= 4 is 6.29 Å². The molecule has 0 aliphatic heterocycles. The van der Waals surface area contributed by atoms with Gasteiger partial charge in [0.25, 0.3) is 0 Å². The predicted molar refractivity (Wildman–Crippen MR) is 53.0 cm³/mol. The van der Waals surface area contributed by atoms with E-state index in [1.54, 1.807) is 0 Å². The molecule has 0 aromatic carbocycles. The maximum atomic E-state index is 10.3. The summed E-state index contributed by atoms with van der Waals surface area (Å²) >= 11 is 0. The molecule has 0 aromatic rings. The summed E-state index contributed by atoms with van der Waals surface area (Å²) in [5.74, 6) is 0.464. The van der Waals surface area contributed by atoms with Crippen molar-refractivity contribution in [2.45, 2.75) is 34.1 Å². The fraction of sp³-hybridized carbons (Fsp3) is 0.545. The molecule has 1 heteroatoms. The molecule has 0 bridgehead atoms. The summed E-state index contributed by atoms with van der Waals surface area (Å²) in [6.07, 6.45) is 6.07. The first-order valence-corrected chi connectivity index (χ1v) is 4.35. The van der Waals surface area contributed by atoms with Gasteiger partial charge in [0.1, 0.15) is 6.29 Å². The van der Waals surface area contributed by atoms with E-state index in [0.29, 0.717) is 5.92 Å². The molecular formula is C11H18O. The number of aldehydes is 1. The largest absolute Gasteiger partial charge is 0.298 e. The number of carbonyl (C=O) groups is 1. The number of hydrogen-bond donors (Lipinski definition) is 0. The third-order valence-corrected chi connectivity index (χ3v) is 1.87. The average Bonchev–Trinajstić information content (AvgIpc) is 2.03. The summed E-state index contributed by atoms with van der Waals surface area (Å²) in [6, 6.07) is 0. The molecule has 1 atom stereocenters. The Morgan fingerprint density at radius 2 is 2.00 bits per heavy atom.